The predicted octanol–water partition coefficient (Wildman–Crippen LogP) is 2.38. The fourth-order valence-electron chi connectivity index (χ4n) is 0.929. The fraction of sp³-hybridized carbons (Fsp3) is 0.625. The fourth-order valence-corrected chi connectivity index (χ4v) is 2.48. The van der Waals surface area contributed by atoms with Crippen LogP contribution < -0.4 is 0 Å². The van der Waals surface area contributed by atoms with Gasteiger partial charge in [-0.3, -0.25) is 0 Å². The number of rotatable bonds is 4. The summed E-state index contributed by atoms with van der Waals surface area (Å²) in [4.78, 5) is 4.31. The highest BCUT2D eigenvalue weighted by atomic mass is 35.7. The number of nitrogens with zero attached hydrogens (tertiary/aromatic N) is 1. The largest absolute Gasteiger partial charge is 0.246 e. The maximum Gasteiger partial charge on any atom is 0.232 e. The van der Waals surface area contributed by atoms with Crippen molar-refractivity contribution in [2.45, 2.75) is 26.2 Å². The van der Waals surface area contributed by atoms with Crippen LogP contribution in [0, 0.1) is 0 Å². The van der Waals surface area contributed by atoms with E-state index >= 15 is 0 Å². The Morgan fingerprint density at radius 3 is 2.64 bits per heavy atom. The van der Waals surface area contributed by atoms with Crippen molar-refractivity contribution < 1.29 is 8.42 Å². The molecule has 0 N–H and O–H groups in total. The molecule has 0 fully saturated rings. The summed E-state index contributed by atoms with van der Waals surface area (Å²) in [5, 5.41) is 2.92. The van der Waals surface area contributed by atoms with Crippen molar-refractivity contribution in [3.8, 4) is 0 Å². The second-order valence-electron chi connectivity index (χ2n) is 3.32. The van der Waals surface area contributed by atoms with E-state index < -0.39 is 9.05 Å². The van der Waals surface area contributed by atoms with Crippen LogP contribution in [0.2, 0.25) is 0 Å². The van der Waals surface area contributed by atoms with E-state index in [0.717, 1.165) is 10.7 Å². The van der Waals surface area contributed by atoms with Gasteiger partial charge in [-0.15, -0.1) is 11.3 Å². The molecule has 0 spiro atoms. The lowest BCUT2D eigenvalue weighted by Crippen LogP contribution is -2.01. The molecule has 14 heavy (non-hydrogen) atoms. The van der Waals surface area contributed by atoms with E-state index in [2.05, 4.69) is 18.8 Å². The first-order valence-electron chi connectivity index (χ1n) is 4.25. The van der Waals surface area contributed by atoms with E-state index in [1.807, 2.05) is 5.38 Å². The lowest BCUT2D eigenvalue weighted by Gasteiger charge is -1.96. The molecule has 0 radical (unpaired) electrons. The molecular weight excluding hydrogens is 242 g/mol. The Labute approximate surface area is 92.5 Å². The van der Waals surface area contributed by atoms with E-state index in [1.165, 1.54) is 0 Å². The molecule has 0 bridgehead atoms. The quantitative estimate of drug-likeness (QED) is 0.774. The summed E-state index contributed by atoms with van der Waals surface area (Å²) in [6, 6.07) is 0. The van der Waals surface area contributed by atoms with Crippen molar-refractivity contribution in [2.24, 2.45) is 0 Å². The number of aryl methyl sites for hydroxylation is 1. The standard InChI is InChI=1S/C8H12ClNO2S2/c1-6(2)8-10-7(5-13-8)3-4-14(9,11)12/h5-6H,3-4H2,1-2H3. The molecule has 0 saturated carbocycles. The van der Waals surface area contributed by atoms with Crippen molar-refractivity contribution in [1.29, 1.82) is 0 Å². The number of thiazole rings is 1. The molecule has 0 aliphatic carbocycles. The molecule has 3 nitrogen and oxygen atoms in total. The van der Waals surface area contributed by atoms with Gasteiger partial charge in [0.1, 0.15) is 0 Å². The first kappa shape index (κ1) is 11.9. The van der Waals surface area contributed by atoms with Gasteiger partial charge in [-0.05, 0) is 0 Å². The normalized spacial score (nSPS) is 12.3. The minimum Gasteiger partial charge on any atom is -0.246 e. The van der Waals surface area contributed by atoms with E-state index in [4.69, 9.17) is 10.7 Å². The Balaban J connectivity index is 2.61. The summed E-state index contributed by atoms with van der Waals surface area (Å²) in [5.41, 5.74) is 0.808. The van der Waals surface area contributed by atoms with Crippen LogP contribution in [-0.2, 0) is 15.5 Å². The Morgan fingerprint density at radius 2 is 2.21 bits per heavy atom. The number of aromatic nitrogens is 1. The van der Waals surface area contributed by atoms with Gasteiger partial charge in [-0.2, -0.15) is 0 Å². The summed E-state index contributed by atoms with van der Waals surface area (Å²) in [7, 11) is 1.70. The maximum absolute atomic E-state index is 10.7. The maximum atomic E-state index is 10.7. The second kappa shape index (κ2) is 4.59. The lowest BCUT2D eigenvalue weighted by molar-refractivity contribution is 0.608. The van der Waals surface area contributed by atoms with Crippen molar-refractivity contribution >= 4 is 31.1 Å². The van der Waals surface area contributed by atoms with Crippen LogP contribution in [-0.4, -0.2) is 19.2 Å². The van der Waals surface area contributed by atoms with Crippen LogP contribution in [0.15, 0.2) is 5.38 Å². The molecule has 6 heteroatoms. The van der Waals surface area contributed by atoms with Gasteiger partial charge in [-0.25, -0.2) is 13.4 Å². The highest BCUT2D eigenvalue weighted by molar-refractivity contribution is 8.13. The molecule has 0 amide bonds. The molecule has 0 atom stereocenters. The topological polar surface area (TPSA) is 47.0 Å². The second-order valence-corrected chi connectivity index (χ2v) is 7.11. The van der Waals surface area contributed by atoms with E-state index in [-0.39, 0.29) is 5.75 Å². The Kier molecular flexibility index (Phi) is 3.92. The molecule has 1 aromatic heterocycles. The smallest absolute Gasteiger partial charge is 0.232 e. The first-order chi connectivity index (χ1) is 6.38. The van der Waals surface area contributed by atoms with Crippen molar-refractivity contribution in [3.05, 3.63) is 16.1 Å². The van der Waals surface area contributed by atoms with Gasteiger partial charge in [0.2, 0.25) is 9.05 Å². The minimum atomic E-state index is -3.40. The summed E-state index contributed by atoms with van der Waals surface area (Å²) in [6.07, 6.45) is 0.398. The Bertz CT molecular complexity index is 397. The van der Waals surface area contributed by atoms with Crippen LogP contribution in [0.3, 0.4) is 0 Å². The van der Waals surface area contributed by atoms with Crippen LogP contribution in [0.5, 0.6) is 0 Å². The summed E-state index contributed by atoms with van der Waals surface area (Å²) in [5.74, 6) is 0.344. The van der Waals surface area contributed by atoms with Gasteiger partial charge in [0.05, 0.1) is 16.5 Å². The van der Waals surface area contributed by atoms with Crippen LogP contribution in [0.1, 0.15) is 30.5 Å². The Hall–Kier alpha value is -0.130. The number of hydrogen-bond acceptors (Lipinski definition) is 4. The third kappa shape index (κ3) is 3.94. The predicted molar refractivity (Wildman–Crippen MR) is 59.5 cm³/mol. The summed E-state index contributed by atoms with van der Waals surface area (Å²) < 4.78 is 21.4. The summed E-state index contributed by atoms with van der Waals surface area (Å²) in [6.45, 7) is 4.11. The highest BCUT2D eigenvalue weighted by Crippen LogP contribution is 2.19. The van der Waals surface area contributed by atoms with Crippen LogP contribution in [0.4, 0.5) is 0 Å². The minimum absolute atomic E-state index is 0.0458. The molecule has 1 aromatic rings. The molecule has 0 aromatic carbocycles. The molecule has 0 saturated heterocycles. The molecule has 80 valence electrons. The van der Waals surface area contributed by atoms with Gasteiger partial charge in [-0.1, -0.05) is 13.8 Å². The van der Waals surface area contributed by atoms with Gasteiger partial charge < -0.3 is 0 Å². The molecule has 0 unspecified atom stereocenters. The first-order valence-corrected chi connectivity index (χ1v) is 7.61. The molecule has 0 aliphatic heterocycles. The average molecular weight is 254 g/mol. The third-order valence-corrected chi connectivity index (χ3v) is 4.01. The number of hydrogen-bond donors (Lipinski definition) is 0. The van der Waals surface area contributed by atoms with E-state index in [9.17, 15) is 8.42 Å². The molecule has 1 rings (SSSR count). The van der Waals surface area contributed by atoms with Gasteiger partial charge in [0.15, 0.2) is 0 Å². The SMILES string of the molecule is CC(C)c1nc(CCS(=O)(=O)Cl)cs1. The van der Waals surface area contributed by atoms with E-state index in [1.54, 1.807) is 11.3 Å². The van der Waals surface area contributed by atoms with Crippen molar-refractivity contribution in [3.63, 3.8) is 0 Å². The zero-order valence-electron chi connectivity index (χ0n) is 8.03. The molecule has 1 heterocycles. The lowest BCUT2D eigenvalue weighted by atomic mass is 10.2. The van der Waals surface area contributed by atoms with Gasteiger partial charge in [0, 0.05) is 28.4 Å². The van der Waals surface area contributed by atoms with Crippen molar-refractivity contribution in [2.75, 3.05) is 5.75 Å². The zero-order chi connectivity index (χ0) is 10.8. The third-order valence-electron chi connectivity index (χ3n) is 1.67. The summed E-state index contributed by atoms with van der Waals surface area (Å²) >= 11 is 1.56. The highest BCUT2D eigenvalue weighted by Gasteiger charge is 2.09. The number of halogens is 1. The average Bonchev–Trinajstić information content (AvgIpc) is 2.47. The van der Waals surface area contributed by atoms with Gasteiger partial charge >= 0.3 is 0 Å². The van der Waals surface area contributed by atoms with Crippen LogP contribution in [0.25, 0.3) is 0 Å². The Morgan fingerprint density at radius 1 is 1.57 bits per heavy atom. The monoisotopic (exact) mass is 253 g/mol. The van der Waals surface area contributed by atoms with E-state index in [0.29, 0.717) is 12.3 Å². The van der Waals surface area contributed by atoms with Crippen LogP contribution >= 0.6 is 22.0 Å². The molecule has 0 aliphatic rings. The zero-order valence-corrected chi connectivity index (χ0v) is 10.4. The van der Waals surface area contributed by atoms with Crippen molar-refractivity contribution in [1.82, 2.24) is 4.98 Å². The molecular formula is C8H12ClNO2S2. The van der Waals surface area contributed by atoms with Gasteiger partial charge in [0.25, 0.3) is 0 Å².